The maximum atomic E-state index is 13.0. The topological polar surface area (TPSA) is 0 Å². The minimum absolute atomic E-state index is 0.0627. The molecule has 16 heavy (non-hydrogen) atoms. The van der Waals surface area contributed by atoms with Crippen molar-refractivity contribution in [1.82, 2.24) is 0 Å². The van der Waals surface area contributed by atoms with Crippen molar-refractivity contribution in [2.45, 2.75) is 11.2 Å². The first-order valence-corrected chi connectivity index (χ1v) is 6.62. The van der Waals surface area contributed by atoms with Crippen molar-refractivity contribution in [3.63, 3.8) is 0 Å². The average molecular weight is 303 g/mol. The highest BCUT2D eigenvalue weighted by Crippen LogP contribution is 2.28. The molecule has 0 saturated heterocycles. The molecule has 0 saturated carbocycles. The molecule has 0 bridgehead atoms. The fraction of sp³-hybridized carbons (Fsp3) is 0.167. The summed E-state index contributed by atoms with van der Waals surface area (Å²) in [6.07, 6.45) is 0.729. The maximum Gasteiger partial charge on any atom is 0.126 e. The molecule has 1 unspecified atom stereocenters. The van der Waals surface area contributed by atoms with Crippen molar-refractivity contribution < 1.29 is 8.78 Å². The molecule has 0 amide bonds. The SMILES string of the molecule is Fc1cc(F)cc(C(Br)Cc2ccsc2)c1. The van der Waals surface area contributed by atoms with Crippen molar-refractivity contribution in [1.29, 1.82) is 0 Å². The van der Waals surface area contributed by atoms with Crippen LogP contribution in [0.4, 0.5) is 8.78 Å². The Labute approximate surface area is 105 Å². The summed E-state index contributed by atoms with van der Waals surface area (Å²) in [7, 11) is 0. The smallest absolute Gasteiger partial charge is 0.126 e. The highest BCUT2D eigenvalue weighted by atomic mass is 79.9. The van der Waals surface area contributed by atoms with E-state index in [1.54, 1.807) is 11.3 Å². The number of hydrogen-bond acceptors (Lipinski definition) is 1. The Hall–Kier alpha value is -0.740. The second-order valence-electron chi connectivity index (χ2n) is 3.51. The number of halogens is 3. The van der Waals surface area contributed by atoms with Gasteiger partial charge in [-0.1, -0.05) is 15.9 Å². The number of benzene rings is 1. The van der Waals surface area contributed by atoms with E-state index >= 15 is 0 Å². The third-order valence-corrected chi connectivity index (χ3v) is 3.83. The fourth-order valence-corrected chi connectivity index (χ4v) is 2.81. The van der Waals surface area contributed by atoms with E-state index in [1.165, 1.54) is 12.1 Å². The van der Waals surface area contributed by atoms with Crippen LogP contribution in [0.5, 0.6) is 0 Å². The number of thiophene rings is 1. The molecule has 4 heteroatoms. The van der Waals surface area contributed by atoms with Crippen LogP contribution < -0.4 is 0 Å². The highest BCUT2D eigenvalue weighted by molar-refractivity contribution is 9.09. The Balaban J connectivity index is 2.17. The molecule has 0 aliphatic rings. The van der Waals surface area contributed by atoms with E-state index in [2.05, 4.69) is 15.9 Å². The molecule has 0 N–H and O–H groups in total. The monoisotopic (exact) mass is 302 g/mol. The summed E-state index contributed by atoms with van der Waals surface area (Å²) in [5.41, 5.74) is 1.79. The lowest BCUT2D eigenvalue weighted by molar-refractivity contribution is 0.579. The highest BCUT2D eigenvalue weighted by Gasteiger charge is 2.11. The van der Waals surface area contributed by atoms with Crippen molar-refractivity contribution in [3.05, 3.63) is 57.8 Å². The van der Waals surface area contributed by atoms with Gasteiger partial charge in [0.25, 0.3) is 0 Å². The van der Waals surface area contributed by atoms with E-state index in [0.717, 1.165) is 18.1 Å². The number of hydrogen-bond donors (Lipinski definition) is 0. The van der Waals surface area contributed by atoms with Crippen LogP contribution in [0.1, 0.15) is 16.0 Å². The summed E-state index contributed by atoms with van der Waals surface area (Å²) >= 11 is 5.06. The van der Waals surface area contributed by atoms with Crippen molar-refractivity contribution >= 4 is 27.3 Å². The Morgan fingerprint density at radius 1 is 1.19 bits per heavy atom. The molecular weight excluding hydrogens is 294 g/mol. The minimum Gasteiger partial charge on any atom is -0.207 e. The van der Waals surface area contributed by atoms with Crippen molar-refractivity contribution in [3.8, 4) is 0 Å². The van der Waals surface area contributed by atoms with Gasteiger partial charge in [-0.2, -0.15) is 11.3 Å². The van der Waals surface area contributed by atoms with Gasteiger partial charge in [-0.3, -0.25) is 0 Å². The van der Waals surface area contributed by atoms with Crippen molar-refractivity contribution in [2.24, 2.45) is 0 Å². The largest absolute Gasteiger partial charge is 0.207 e. The molecule has 1 aromatic carbocycles. The lowest BCUT2D eigenvalue weighted by Crippen LogP contribution is -1.96. The van der Waals surface area contributed by atoms with E-state index in [9.17, 15) is 8.78 Å². The minimum atomic E-state index is -0.537. The van der Waals surface area contributed by atoms with Crippen LogP contribution in [0.15, 0.2) is 35.0 Å². The predicted molar refractivity (Wildman–Crippen MR) is 66.0 cm³/mol. The summed E-state index contributed by atoms with van der Waals surface area (Å²) in [6, 6.07) is 5.60. The van der Waals surface area contributed by atoms with Crippen LogP contribution in [0, 0.1) is 11.6 Å². The zero-order valence-electron chi connectivity index (χ0n) is 8.29. The standard InChI is InChI=1S/C12H9BrF2S/c13-12(3-8-1-2-16-7-8)9-4-10(14)6-11(15)5-9/h1-2,4-7,12H,3H2. The molecule has 1 heterocycles. The lowest BCUT2D eigenvalue weighted by Gasteiger charge is -2.09. The first kappa shape index (κ1) is 11.7. The first-order chi connectivity index (χ1) is 7.65. The van der Waals surface area contributed by atoms with Crippen LogP contribution in [-0.2, 0) is 6.42 Å². The molecule has 0 nitrogen and oxygen atoms in total. The van der Waals surface area contributed by atoms with E-state index in [-0.39, 0.29) is 4.83 Å². The van der Waals surface area contributed by atoms with Crippen LogP contribution in [0.2, 0.25) is 0 Å². The average Bonchev–Trinajstić information content (AvgIpc) is 2.68. The van der Waals surface area contributed by atoms with Gasteiger partial charge >= 0.3 is 0 Å². The summed E-state index contributed by atoms with van der Waals surface area (Å²) in [5.74, 6) is -1.07. The maximum absolute atomic E-state index is 13.0. The zero-order chi connectivity index (χ0) is 11.5. The first-order valence-electron chi connectivity index (χ1n) is 4.76. The van der Waals surface area contributed by atoms with E-state index in [0.29, 0.717) is 5.56 Å². The Morgan fingerprint density at radius 3 is 2.44 bits per heavy atom. The zero-order valence-corrected chi connectivity index (χ0v) is 10.7. The summed E-state index contributed by atoms with van der Waals surface area (Å²) < 4.78 is 26.0. The summed E-state index contributed by atoms with van der Waals surface area (Å²) in [4.78, 5) is -0.0627. The molecule has 0 fully saturated rings. The molecule has 2 aromatic rings. The van der Waals surface area contributed by atoms with Crippen LogP contribution in [0.3, 0.4) is 0 Å². The van der Waals surface area contributed by atoms with E-state index < -0.39 is 11.6 Å². The Kier molecular flexibility index (Phi) is 3.71. The fourth-order valence-electron chi connectivity index (χ4n) is 1.49. The molecule has 0 spiro atoms. The molecule has 2 rings (SSSR count). The third kappa shape index (κ3) is 2.89. The molecule has 0 aliphatic heterocycles. The van der Waals surface area contributed by atoms with Gasteiger partial charge in [0.2, 0.25) is 0 Å². The third-order valence-electron chi connectivity index (χ3n) is 2.24. The molecule has 0 aliphatic carbocycles. The van der Waals surface area contributed by atoms with Gasteiger partial charge in [0.1, 0.15) is 11.6 Å². The lowest BCUT2D eigenvalue weighted by atomic mass is 10.1. The van der Waals surface area contributed by atoms with Gasteiger partial charge < -0.3 is 0 Å². The summed E-state index contributed by atoms with van der Waals surface area (Å²) in [6.45, 7) is 0. The van der Waals surface area contributed by atoms with Crippen molar-refractivity contribution in [2.75, 3.05) is 0 Å². The summed E-state index contributed by atoms with van der Waals surface area (Å²) in [5, 5.41) is 4.02. The quantitative estimate of drug-likeness (QED) is 0.721. The van der Waals surface area contributed by atoms with Gasteiger partial charge in [0.15, 0.2) is 0 Å². The number of rotatable bonds is 3. The molecule has 1 atom stereocenters. The second-order valence-corrected chi connectivity index (χ2v) is 5.39. The Morgan fingerprint density at radius 2 is 1.88 bits per heavy atom. The normalized spacial score (nSPS) is 12.7. The van der Waals surface area contributed by atoms with Gasteiger partial charge in [0, 0.05) is 10.9 Å². The van der Waals surface area contributed by atoms with Gasteiger partial charge in [0.05, 0.1) is 0 Å². The predicted octanol–water partition coefficient (Wildman–Crippen LogP) is 4.71. The van der Waals surface area contributed by atoms with Crippen LogP contribution in [-0.4, -0.2) is 0 Å². The number of alkyl halides is 1. The van der Waals surface area contributed by atoms with Gasteiger partial charge in [-0.15, -0.1) is 0 Å². The van der Waals surface area contributed by atoms with Crippen LogP contribution in [0.25, 0.3) is 0 Å². The molecular formula is C12H9BrF2S. The van der Waals surface area contributed by atoms with Gasteiger partial charge in [-0.05, 0) is 46.5 Å². The van der Waals surface area contributed by atoms with Gasteiger partial charge in [-0.25, -0.2) is 8.78 Å². The molecule has 0 radical (unpaired) electrons. The van der Waals surface area contributed by atoms with E-state index in [4.69, 9.17) is 0 Å². The molecule has 84 valence electrons. The Bertz CT molecular complexity index is 448. The molecule has 1 aromatic heterocycles. The second kappa shape index (κ2) is 5.06. The van der Waals surface area contributed by atoms with E-state index in [1.807, 2.05) is 16.8 Å². The van der Waals surface area contributed by atoms with Crippen LogP contribution >= 0.6 is 27.3 Å².